The standard InChI is InChI=1S/C20H28N4O/c1-22(2)14-18(15-10-6-5-7-11-15)23(3)20(25)19-16-12-8-9-13-17(16)24(4)21-19/h5-7,10-11,18H,8-9,12-14H2,1-4H3/t18-/m1/s1. The highest BCUT2D eigenvalue weighted by molar-refractivity contribution is 5.94. The molecule has 1 amide bonds. The van der Waals surface area contributed by atoms with Gasteiger partial charge >= 0.3 is 0 Å². The number of carbonyl (C=O) groups excluding carboxylic acids is 1. The predicted molar refractivity (Wildman–Crippen MR) is 99.7 cm³/mol. The molecule has 5 heteroatoms. The maximum atomic E-state index is 13.3. The zero-order valence-corrected chi connectivity index (χ0v) is 15.7. The first-order chi connectivity index (χ1) is 12.0. The van der Waals surface area contributed by atoms with Crippen molar-refractivity contribution < 1.29 is 4.79 Å². The molecule has 0 spiro atoms. The quantitative estimate of drug-likeness (QED) is 0.840. The van der Waals surface area contributed by atoms with Gasteiger partial charge < -0.3 is 9.80 Å². The lowest BCUT2D eigenvalue weighted by atomic mass is 9.95. The molecule has 1 aliphatic rings. The van der Waals surface area contributed by atoms with E-state index in [1.807, 2.05) is 56.0 Å². The van der Waals surface area contributed by atoms with Gasteiger partial charge in [0.05, 0.1) is 6.04 Å². The summed E-state index contributed by atoms with van der Waals surface area (Å²) in [5.41, 5.74) is 4.17. The van der Waals surface area contributed by atoms with Gasteiger partial charge in [-0.2, -0.15) is 5.10 Å². The molecule has 3 rings (SSSR count). The average molecular weight is 340 g/mol. The van der Waals surface area contributed by atoms with E-state index in [4.69, 9.17) is 0 Å². The summed E-state index contributed by atoms with van der Waals surface area (Å²) in [6.45, 7) is 0.779. The molecule has 1 heterocycles. The number of likely N-dealkylation sites (N-methyl/N-ethyl adjacent to an activating group) is 2. The third-order valence-electron chi connectivity index (χ3n) is 5.08. The van der Waals surface area contributed by atoms with Crippen LogP contribution in [0.5, 0.6) is 0 Å². The van der Waals surface area contributed by atoms with Gasteiger partial charge in [-0.05, 0) is 45.3 Å². The molecule has 0 saturated heterocycles. The van der Waals surface area contributed by atoms with Crippen molar-refractivity contribution in [3.8, 4) is 0 Å². The number of carbonyl (C=O) groups is 1. The second kappa shape index (κ2) is 7.40. The smallest absolute Gasteiger partial charge is 0.274 e. The van der Waals surface area contributed by atoms with Gasteiger partial charge in [0.2, 0.25) is 0 Å². The SMILES string of the molecule is CN(C)C[C@H](c1ccccc1)N(C)C(=O)c1nn(C)c2c1CCCC2. The molecular formula is C20H28N4O. The maximum absolute atomic E-state index is 13.3. The van der Waals surface area contributed by atoms with Gasteiger partial charge in [-0.15, -0.1) is 0 Å². The third-order valence-corrected chi connectivity index (χ3v) is 5.08. The van der Waals surface area contributed by atoms with E-state index in [0.717, 1.165) is 36.9 Å². The number of nitrogens with zero attached hydrogens (tertiary/aromatic N) is 4. The van der Waals surface area contributed by atoms with Gasteiger partial charge in [-0.3, -0.25) is 9.48 Å². The summed E-state index contributed by atoms with van der Waals surface area (Å²) in [4.78, 5) is 17.2. The molecule has 1 aliphatic carbocycles. The number of hydrogen-bond acceptors (Lipinski definition) is 3. The Kier molecular flexibility index (Phi) is 5.23. The molecule has 2 aromatic rings. The minimum atomic E-state index is 0.00458. The third kappa shape index (κ3) is 3.61. The fourth-order valence-electron chi connectivity index (χ4n) is 3.73. The van der Waals surface area contributed by atoms with Crippen LogP contribution in [0.4, 0.5) is 0 Å². The number of benzene rings is 1. The average Bonchev–Trinajstić information content (AvgIpc) is 2.96. The van der Waals surface area contributed by atoms with Gasteiger partial charge in [0.1, 0.15) is 0 Å². The Bertz CT molecular complexity index is 736. The Balaban J connectivity index is 1.92. The number of aromatic nitrogens is 2. The van der Waals surface area contributed by atoms with E-state index in [1.165, 1.54) is 12.1 Å². The molecule has 0 N–H and O–H groups in total. The monoisotopic (exact) mass is 340 g/mol. The topological polar surface area (TPSA) is 41.4 Å². The zero-order chi connectivity index (χ0) is 18.0. The van der Waals surface area contributed by atoms with Crippen LogP contribution in [0.3, 0.4) is 0 Å². The van der Waals surface area contributed by atoms with Crippen molar-refractivity contribution in [2.75, 3.05) is 27.7 Å². The van der Waals surface area contributed by atoms with E-state index < -0.39 is 0 Å². The van der Waals surface area contributed by atoms with Gasteiger partial charge in [0.25, 0.3) is 5.91 Å². The highest BCUT2D eigenvalue weighted by Gasteiger charge is 2.29. The van der Waals surface area contributed by atoms with Gasteiger partial charge in [0, 0.05) is 31.9 Å². The first kappa shape index (κ1) is 17.7. The lowest BCUT2D eigenvalue weighted by molar-refractivity contribution is 0.0697. The highest BCUT2D eigenvalue weighted by Crippen LogP contribution is 2.27. The van der Waals surface area contributed by atoms with E-state index in [9.17, 15) is 4.79 Å². The summed E-state index contributed by atoms with van der Waals surface area (Å²) in [5, 5.41) is 4.58. The summed E-state index contributed by atoms with van der Waals surface area (Å²) in [5.74, 6) is 0.0226. The highest BCUT2D eigenvalue weighted by atomic mass is 16.2. The Morgan fingerprint density at radius 2 is 1.84 bits per heavy atom. The number of amides is 1. The van der Waals surface area contributed by atoms with Gasteiger partial charge in [-0.1, -0.05) is 30.3 Å². The molecule has 0 radical (unpaired) electrons. The number of rotatable bonds is 5. The zero-order valence-electron chi connectivity index (χ0n) is 15.7. The van der Waals surface area contributed by atoms with Crippen molar-refractivity contribution >= 4 is 5.91 Å². The molecule has 1 aromatic heterocycles. The summed E-state index contributed by atoms with van der Waals surface area (Å²) in [7, 11) is 7.93. The summed E-state index contributed by atoms with van der Waals surface area (Å²) in [6, 6.07) is 10.2. The van der Waals surface area contributed by atoms with E-state index in [2.05, 4.69) is 22.1 Å². The van der Waals surface area contributed by atoms with E-state index in [0.29, 0.717) is 5.69 Å². The van der Waals surface area contributed by atoms with Crippen LogP contribution in [0.2, 0.25) is 0 Å². The largest absolute Gasteiger partial charge is 0.332 e. The van der Waals surface area contributed by atoms with Crippen LogP contribution in [0, 0.1) is 0 Å². The van der Waals surface area contributed by atoms with Crippen molar-refractivity contribution in [1.29, 1.82) is 0 Å². The molecule has 134 valence electrons. The van der Waals surface area contributed by atoms with Crippen molar-refractivity contribution in [1.82, 2.24) is 19.6 Å². The molecule has 0 aliphatic heterocycles. The first-order valence-corrected chi connectivity index (χ1v) is 9.00. The second-order valence-electron chi connectivity index (χ2n) is 7.21. The lowest BCUT2D eigenvalue weighted by Crippen LogP contribution is -2.37. The maximum Gasteiger partial charge on any atom is 0.274 e. The number of aryl methyl sites for hydroxylation is 1. The second-order valence-corrected chi connectivity index (χ2v) is 7.21. The molecule has 0 unspecified atom stereocenters. The van der Waals surface area contributed by atoms with Crippen LogP contribution < -0.4 is 0 Å². The first-order valence-electron chi connectivity index (χ1n) is 9.00. The molecule has 0 bridgehead atoms. The molecule has 0 fully saturated rings. The van der Waals surface area contributed by atoms with E-state index in [-0.39, 0.29) is 11.9 Å². The molecule has 1 aromatic carbocycles. The van der Waals surface area contributed by atoms with E-state index >= 15 is 0 Å². The number of hydrogen-bond donors (Lipinski definition) is 0. The number of fused-ring (bicyclic) bond motifs is 1. The lowest BCUT2D eigenvalue weighted by Gasteiger charge is -2.31. The fraction of sp³-hybridized carbons (Fsp3) is 0.500. The Morgan fingerprint density at radius 3 is 2.52 bits per heavy atom. The summed E-state index contributed by atoms with van der Waals surface area (Å²) < 4.78 is 1.90. The van der Waals surface area contributed by atoms with Gasteiger partial charge in [0.15, 0.2) is 5.69 Å². The minimum absolute atomic E-state index is 0.00458. The van der Waals surface area contributed by atoms with Crippen LogP contribution >= 0.6 is 0 Å². The summed E-state index contributed by atoms with van der Waals surface area (Å²) in [6.07, 6.45) is 4.31. The summed E-state index contributed by atoms with van der Waals surface area (Å²) >= 11 is 0. The van der Waals surface area contributed by atoms with Crippen LogP contribution in [0.15, 0.2) is 30.3 Å². The Labute approximate surface area is 150 Å². The Hall–Kier alpha value is -2.14. The Morgan fingerprint density at radius 1 is 1.16 bits per heavy atom. The predicted octanol–water partition coefficient (Wildman–Crippen LogP) is 2.67. The minimum Gasteiger partial charge on any atom is -0.332 e. The molecule has 25 heavy (non-hydrogen) atoms. The van der Waals surface area contributed by atoms with Crippen molar-refractivity contribution in [3.05, 3.63) is 52.8 Å². The van der Waals surface area contributed by atoms with Crippen molar-refractivity contribution in [2.24, 2.45) is 7.05 Å². The van der Waals surface area contributed by atoms with Crippen LogP contribution in [-0.4, -0.2) is 53.2 Å². The fourth-order valence-corrected chi connectivity index (χ4v) is 3.73. The molecule has 5 nitrogen and oxygen atoms in total. The van der Waals surface area contributed by atoms with Crippen molar-refractivity contribution in [3.63, 3.8) is 0 Å². The van der Waals surface area contributed by atoms with Crippen LogP contribution in [-0.2, 0) is 19.9 Å². The molecule has 0 saturated carbocycles. The van der Waals surface area contributed by atoms with Crippen LogP contribution in [0.25, 0.3) is 0 Å². The molecular weight excluding hydrogens is 312 g/mol. The normalized spacial score (nSPS) is 15.1. The molecule has 1 atom stereocenters. The van der Waals surface area contributed by atoms with Gasteiger partial charge in [-0.25, -0.2) is 0 Å². The van der Waals surface area contributed by atoms with Crippen molar-refractivity contribution in [2.45, 2.75) is 31.7 Å². The van der Waals surface area contributed by atoms with Crippen LogP contribution in [0.1, 0.15) is 46.2 Å². The van der Waals surface area contributed by atoms with E-state index in [1.54, 1.807) is 0 Å².